The van der Waals surface area contributed by atoms with Crippen LogP contribution in [0.5, 0.6) is 11.5 Å². The van der Waals surface area contributed by atoms with E-state index < -0.39 is 0 Å². The molecule has 0 saturated heterocycles. The third-order valence-electron chi connectivity index (χ3n) is 5.18. The fourth-order valence-corrected chi connectivity index (χ4v) is 3.68. The maximum Gasteiger partial charge on any atom is 0.221 e. The molecule has 27 heavy (non-hydrogen) atoms. The van der Waals surface area contributed by atoms with Crippen molar-refractivity contribution in [2.24, 2.45) is 0 Å². The van der Waals surface area contributed by atoms with E-state index in [0.717, 1.165) is 18.4 Å². The van der Waals surface area contributed by atoms with Gasteiger partial charge in [0.25, 0.3) is 0 Å². The van der Waals surface area contributed by atoms with Crippen LogP contribution in [0.25, 0.3) is 0 Å². The van der Waals surface area contributed by atoms with Crippen molar-refractivity contribution in [3.05, 3.63) is 23.8 Å². The number of carbonyl (C=O) groups is 2. The molecule has 1 aromatic rings. The van der Waals surface area contributed by atoms with Crippen molar-refractivity contribution in [2.75, 3.05) is 27.3 Å². The van der Waals surface area contributed by atoms with E-state index in [2.05, 4.69) is 5.32 Å². The molecule has 0 unspecified atom stereocenters. The third kappa shape index (κ3) is 6.45. The first-order valence-electron chi connectivity index (χ1n) is 9.80. The van der Waals surface area contributed by atoms with Gasteiger partial charge in [-0.15, -0.1) is 0 Å². The van der Waals surface area contributed by atoms with Crippen LogP contribution in [0.1, 0.15) is 51.0 Å². The van der Waals surface area contributed by atoms with Crippen LogP contribution < -0.4 is 14.8 Å². The molecule has 1 saturated carbocycles. The third-order valence-corrected chi connectivity index (χ3v) is 5.18. The first kappa shape index (κ1) is 21.1. The molecule has 150 valence electrons. The largest absolute Gasteiger partial charge is 0.493 e. The zero-order chi connectivity index (χ0) is 19.6. The molecule has 6 nitrogen and oxygen atoms in total. The number of carbonyl (C=O) groups excluding carboxylic acids is 2. The summed E-state index contributed by atoms with van der Waals surface area (Å²) >= 11 is 0. The van der Waals surface area contributed by atoms with E-state index in [1.807, 2.05) is 23.1 Å². The molecular formula is C21H32N2O4. The normalized spacial score (nSPS) is 14.5. The minimum atomic E-state index is -0.0162. The summed E-state index contributed by atoms with van der Waals surface area (Å²) < 4.78 is 10.5. The fraction of sp³-hybridized carbons (Fsp3) is 0.619. The van der Waals surface area contributed by atoms with Crippen molar-refractivity contribution in [1.82, 2.24) is 10.2 Å². The van der Waals surface area contributed by atoms with E-state index in [1.54, 1.807) is 21.1 Å². The average molecular weight is 376 g/mol. The average Bonchev–Trinajstić information content (AvgIpc) is 2.68. The van der Waals surface area contributed by atoms with Gasteiger partial charge in [-0.05, 0) is 37.0 Å². The Hall–Kier alpha value is -2.24. The van der Waals surface area contributed by atoms with Crippen LogP contribution in [0.3, 0.4) is 0 Å². The van der Waals surface area contributed by atoms with E-state index in [0.29, 0.717) is 43.5 Å². The van der Waals surface area contributed by atoms with Gasteiger partial charge < -0.3 is 19.7 Å². The molecule has 6 heteroatoms. The summed E-state index contributed by atoms with van der Waals surface area (Å²) in [5.41, 5.74) is 1.07. The summed E-state index contributed by atoms with van der Waals surface area (Å²) in [6, 6.07) is 6.06. The van der Waals surface area contributed by atoms with Gasteiger partial charge in [0.2, 0.25) is 11.8 Å². The Labute approximate surface area is 162 Å². The molecule has 2 amide bonds. The minimum Gasteiger partial charge on any atom is -0.493 e. The van der Waals surface area contributed by atoms with Crippen LogP contribution in [0, 0.1) is 0 Å². The predicted octanol–water partition coefficient (Wildman–Crippen LogP) is 2.93. The number of hydrogen-bond donors (Lipinski definition) is 1. The Morgan fingerprint density at radius 1 is 1.11 bits per heavy atom. The molecule has 0 radical (unpaired) electrons. The van der Waals surface area contributed by atoms with E-state index in [4.69, 9.17) is 9.47 Å². The highest BCUT2D eigenvalue weighted by Gasteiger charge is 2.23. The summed E-state index contributed by atoms with van der Waals surface area (Å²) in [6.07, 6.45) is 6.77. The van der Waals surface area contributed by atoms with Gasteiger partial charge in [-0.2, -0.15) is 0 Å². The van der Waals surface area contributed by atoms with Gasteiger partial charge in [0, 0.05) is 32.5 Å². The van der Waals surface area contributed by atoms with Gasteiger partial charge in [-0.1, -0.05) is 25.3 Å². The second-order valence-electron chi connectivity index (χ2n) is 7.04. The van der Waals surface area contributed by atoms with Gasteiger partial charge in [0.1, 0.15) is 0 Å². The van der Waals surface area contributed by atoms with Crippen LogP contribution >= 0.6 is 0 Å². The quantitative estimate of drug-likeness (QED) is 0.720. The Balaban J connectivity index is 1.76. The van der Waals surface area contributed by atoms with E-state index in [-0.39, 0.29) is 11.8 Å². The van der Waals surface area contributed by atoms with Crippen LogP contribution in [0.4, 0.5) is 0 Å². The number of hydrogen-bond acceptors (Lipinski definition) is 4. The van der Waals surface area contributed by atoms with Crippen molar-refractivity contribution in [1.29, 1.82) is 0 Å². The zero-order valence-corrected chi connectivity index (χ0v) is 16.8. The second-order valence-corrected chi connectivity index (χ2v) is 7.04. The lowest BCUT2D eigenvalue weighted by atomic mass is 9.94. The summed E-state index contributed by atoms with van der Waals surface area (Å²) in [5.74, 6) is 1.43. The Bertz CT molecular complexity index is 627. The number of ether oxygens (including phenoxy) is 2. The Kier molecular flexibility index (Phi) is 8.43. The van der Waals surface area contributed by atoms with Crippen LogP contribution in [-0.4, -0.2) is 50.1 Å². The first-order valence-corrected chi connectivity index (χ1v) is 9.80. The van der Waals surface area contributed by atoms with Crippen molar-refractivity contribution < 1.29 is 19.1 Å². The molecular weight excluding hydrogens is 344 g/mol. The molecule has 0 aliphatic heterocycles. The Morgan fingerprint density at radius 3 is 2.44 bits per heavy atom. The molecule has 0 bridgehead atoms. The number of amides is 2. The van der Waals surface area contributed by atoms with Crippen molar-refractivity contribution in [2.45, 2.75) is 57.9 Å². The van der Waals surface area contributed by atoms with Crippen LogP contribution in [0.15, 0.2) is 18.2 Å². The summed E-state index contributed by atoms with van der Waals surface area (Å²) in [5, 5.41) is 2.95. The molecule has 1 N–H and O–H groups in total. The molecule has 0 aromatic heterocycles. The molecule has 0 spiro atoms. The summed E-state index contributed by atoms with van der Waals surface area (Å²) in [4.78, 5) is 26.0. The molecule has 0 heterocycles. The number of nitrogens with one attached hydrogen (secondary N) is 1. The number of nitrogens with zero attached hydrogens (tertiary/aromatic N) is 1. The molecule has 0 atom stereocenters. The van der Waals surface area contributed by atoms with Gasteiger partial charge in [-0.25, -0.2) is 0 Å². The summed E-state index contributed by atoms with van der Waals surface area (Å²) in [6.45, 7) is 2.66. The lowest BCUT2D eigenvalue weighted by molar-refractivity contribution is -0.132. The topological polar surface area (TPSA) is 67.9 Å². The number of rotatable bonds is 9. The fourth-order valence-electron chi connectivity index (χ4n) is 3.68. The van der Waals surface area contributed by atoms with Gasteiger partial charge in [-0.3, -0.25) is 9.59 Å². The lowest BCUT2D eigenvalue weighted by Crippen LogP contribution is -2.42. The summed E-state index contributed by atoms with van der Waals surface area (Å²) in [7, 11) is 3.21. The molecule has 2 rings (SSSR count). The molecule has 1 fully saturated rings. The maximum absolute atomic E-state index is 12.2. The van der Waals surface area contributed by atoms with Crippen molar-refractivity contribution in [3.63, 3.8) is 0 Å². The molecule has 1 aliphatic carbocycles. The highest BCUT2D eigenvalue weighted by molar-refractivity contribution is 5.78. The second kappa shape index (κ2) is 10.8. The van der Waals surface area contributed by atoms with Gasteiger partial charge >= 0.3 is 0 Å². The molecule has 1 aromatic carbocycles. The SMILES string of the molecule is COc1ccc(CCNC(=O)CCN(C(C)=O)C2CCCCC2)cc1OC. The van der Waals surface area contributed by atoms with Gasteiger partial charge in [0.05, 0.1) is 14.2 Å². The minimum absolute atomic E-state index is 0.0162. The van der Waals surface area contributed by atoms with Crippen molar-refractivity contribution >= 4 is 11.8 Å². The molecule has 1 aliphatic rings. The van der Waals surface area contributed by atoms with E-state index in [9.17, 15) is 9.59 Å². The Morgan fingerprint density at radius 2 is 1.81 bits per heavy atom. The number of benzene rings is 1. The monoisotopic (exact) mass is 376 g/mol. The number of methoxy groups -OCH3 is 2. The standard InChI is InChI=1S/C21H32N2O4/c1-16(24)23(18-7-5-4-6-8-18)14-12-21(25)22-13-11-17-9-10-19(26-2)20(15-17)27-3/h9-10,15,18H,4-8,11-14H2,1-3H3,(H,22,25). The lowest BCUT2D eigenvalue weighted by Gasteiger charge is -2.33. The van der Waals surface area contributed by atoms with E-state index in [1.165, 1.54) is 19.3 Å². The highest BCUT2D eigenvalue weighted by Crippen LogP contribution is 2.27. The van der Waals surface area contributed by atoms with Gasteiger partial charge in [0.15, 0.2) is 11.5 Å². The zero-order valence-electron chi connectivity index (χ0n) is 16.8. The first-order chi connectivity index (χ1) is 13.0. The van der Waals surface area contributed by atoms with Crippen LogP contribution in [-0.2, 0) is 16.0 Å². The smallest absolute Gasteiger partial charge is 0.221 e. The maximum atomic E-state index is 12.2. The van der Waals surface area contributed by atoms with E-state index >= 15 is 0 Å². The predicted molar refractivity (Wildman–Crippen MR) is 105 cm³/mol. The van der Waals surface area contributed by atoms with Crippen molar-refractivity contribution in [3.8, 4) is 11.5 Å². The highest BCUT2D eigenvalue weighted by atomic mass is 16.5. The van der Waals surface area contributed by atoms with Crippen LogP contribution in [0.2, 0.25) is 0 Å².